The van der Waals surface area contributed by atoms with Crippen molar-refractivity contribution in [3.05, 3.63) is 58.7 Å². The van der Waals surface area contributed by atoms with Gasteiger partial charge in [-0.1, -0.05) is 23.8 Å². The van der Waals surface area contributed by atoms with Crippen molar-refractivity contribution in [3.8, 4) is 5.75 Å². The zero-order chi connectivity index (χ0) is 17.0. The maximum Gasteiger partial charge on any atom is 0.337 e. The average molecular weight is 313 g/mol. The van der Waals surface area contributed by atoms with E-state index >= 15 is 0 Å². The molecule has 0 saturated carbocycles. The van der Waals surface area contributed by atoms with Crippen LogP contribution in [0.4, 0.5) is 5.69 Å². The predicted octanol–water partition coefficient (Wildman–Crippen LogP) is 3.28. The number of rotatable bonds is 5. The molecular formula is C18H19NO4. The van der Waals surface area contributed by atoms with Crippen molar-refractivity contribution >= 4 is 17.6 Å². The van der Waals surface area contributed by atoms with E-state index < -0.39 is 5.97 Å². The average Bonchev–Trinajstić information content (AvgIpc) is 2.50. The van der Waals surface area contributed by atoms with Crippen molar-refractivity contribution in [1.82, 2.24) is 0 Å². The number of nitrogens with one attached hydrogen (secondary N) is 1. The topological polar surface area (TPSA) is 86.6 Å². The molecule has 2 rings (SSSR count). The normalized spacial score (nSPS) is 10.3. The molecular weight excluding hydrogens is 294 g/mol. The van der Waals surface area contributed by atoms with Crippen molar-refractivity contribution in [2.45, 2.75) is 26.7 Å². The van der Waals surface area contributed by atoms with E-state index in [0.29, 0.717) is 12.1 Å². The second-order valence-electron chi connectivity index (χ2n) is 5.52. The highest BCUT2D eigenvalue weighted by molar-refractivity contribution is 6.00. The lowest BCUT2D eigenvalue weighted by molar-refractivity contribution is -0.116. The van der Waals surface area contributed by atoms with Crippen LogP contribution in [0.15, 0.2) is 36.4 Å². The fourth-order valence-corrected chi connectivity index (χ4v) is 2.29. The van der Waals surface area contributed by atoms with Crippen molar-refractivity contribution in [2.75, 3.05) is 5.32 Å². The van der Waals surface area contributed by atoms with Crippen LogP contribution in [0.1, 0.15) is 33.5 Å². The number of aromatic hydroxyl groups is 1. The van der Waals surface area contributed by atoms with Crippen LogP contribution in [0.5, 0.6) is 5.75 Å². The van der Waals surface area contributed by atoms with Gasteiger partial charge in [-0.2, -0.15) is 0 Å². The number of anilines is 1. The largest absolute Gasteiger partial charge is 0.508 e. The molecule has 0 bridgehead atoms. The first-order valence-electron chi connectivity index (χ1n) is 7.29. The van der Waals surface area contributed by atoms with Crippen molar-refractivity contribution in [3.63, 3.8) is 0 Å². The first-order valence-corrected chi connectivity index (χ1v) is 7.29. The van der Waals surface area contributed by atoms with E-state index in [1.807, 2.05) is 6.07 Å². The van der Waals surface area contributed by atoms with Gasteiger partial charge in [-0.3, -0.25) is 4.79 Å². The quantitative estimate of drug-likeness (QED) is 0.790. The molecule has 0 atom stereocenters. The summed E-state index contributed by atoms with van der Waals surface area (Å²) < 4.78 is 0. The summed E-state index contributed by atoms with van der Waals surface area (Å²) in [5.74, 6) is -1.09. The van der Waals surface area contributed by atoms with Gasteiger partial charge in [0.25, 0.3) is 0 Å². The van der Waals surface area contributed by atoms with Crippen LogP contribution in [0.2, 0.25) is 0 Å². The molecule has 5 nitrogen and oxygen atoms in total. The Balaban J connectivity index is 2.02. The Hall–Kier alpha value is -2.82. The molecule has 5 heteroatoms. The SMILES string of the molecule is Cc1ccc(NC(=O)CCc2ccc(O)c(C)c2)c(C(=O)O)c1. The van der Waals surface area contributed by atoms with E-state index in [9.17, 15) is 19.8 Å². The molecule has 0 aliphatic heterocycles. The van der Waals surface area contributed by atoms with Gasteiger partial charge in [-0.25, -0.2) is 4.79 Å². The van der Waals surface area contributed by atoms with Gasteiger partial charge in [-0.15, -0.1) is 0 Å². The van der Waals surface area contributed by atoms with Crippen LogP contribution in [-0.4, -0.2) is 22.1 Å². The molecule has 0 fully saturated rings. The molecule has 0 unspecified atom stereocenters. The Morgan fingerprint density at radius 3 is 2.48 bits per heavy atom. The third-order valence-corrected chi connectivity index (χ3v) is 3.58. The highest BCUT2D eigenvalue weighted by Crippen LogP contribution is 2.20. The molecule has 23 heavy (non-hydrogen) atoms. The molecule has 0 heterocycles. The summed E-state index contributed by atoms with van der Waals surface area (Å²) >= 11 is 0. The van der Waals surface area contributed by atoms with E-state index in [0.717, 1.165) is 16.7 Å². The number of hydrogen-bond donors (Lipinski definition) is 3. The van der Waals surface area contributed by atoms with Crippen molar-refractivity contribution in [1.29, 1.82) is 0 Å². The summed E-state index contributed by atoms with van der Waals surface area (Å²) in [7, 11) is 0. The summed E-state index contributed by atoms with van der Waals surface area (Å²) in [6.07, 6.45) is 0.748. The maximum atomic E-state index is 12.0. The maximum absolute atomic E-state index is 12.0. The van der Waals surface area contributed by atoms with E-state index in [1.165, 1.54) is 6.07 Å². The van der Waals surface area contributed by atoms with Crippen LogP contribution in [0.3, 0.4) is 0 Å². The number of carbonyl (C=O) groups excluding carboxylic acids is 1. The predicted molar refractivity (Wildman–Crippen MR) is 87.9 cm³/mol. The third kappa shape index (κ3) is 4.32. The Kier molecular flexibility index (Phi) is 5.01. The monoisotopic (exact) mass is 313 g/mol. The van der Waals surface area contributed by atoms with Gasteiger partial charge in [0.05, 0.1) is 11.3 Å². The van der Waals surface area contributed by atoms with Gasteiger partial charge in [0.2, 0.25) is 5.91 Å². The molecule has 2 aromatic rings. The lowest BCUT2D eigenvalue weighted by Crippen LogP contribution is -2.15. The fraction of sp³-hybridized carbons (Fsp3) is 0.222. The van der Waals surface area contributed by atoms with E-state index in [1.54, 1.807) is 38.1 Å². The number of carboxylic acids is 1. The van der Waals surface area contributed by atoms with Crippen molar-refractivity contribution in [2.24, 2.45) is 0 Å². The first-order chi connectivity index (χ1) is 10.9. The Labute approximate surface area is 134 Å². The summed E-state index contributed by atoms with van der Waals surface area (Å²) in [4.78, 5) is 23.3. The first kappa shape index (κ1) is 16.5. The van der Waals surface area contributed by atoms with E-state index in [2.05, 4.69) is 5.32 Å². The fourth-order valence-electron chi connectivity index (χ4n) is 2.29. The minimum absolute atomic E-state index is 0.0822. The molecule has 0 aliphatic rings. The Morgan fingerprint density at radius 2 is 1.83 bits per heavy atom. The third-order valence-electron chi connectivity index (χ3n) is 3.58. The molecule has 1 amide bonds. The van der Waals surface area contributed by atoms with Crippen LogP contribution < -0.4 is 5.32 Å². The molecule has 2 aromatic carbocycles. The number of aryl methyl sites for hydroxylation is 3. The lowest BCUT2D eigenvalue weighted by Gasteiger charge is -2.10. The highest BCUT2D eigenvalue weighted by Gasteiger charge is 2.13. The summed E-state index contributed by atoms with van der Waals surface area (Å²) in [6, 6.07) is 10.1. The number of hydrogen-bond acceptors (Lipinski definition) is 3. The number of aromatic carboxylic acids is 1. The van der Waals surface area contributed by atoms with E-state index in [4.69, 9.17) is 0 Å². The van der Waals surface area contributed by atoms with Gasteiger partial charge in [0.1, 0.15) is 5.75 Å². The van der Waals surface area contributed by atoms with Gasteiger partial charge in [0.15, 0.2) is 0 Å². The molecule has 0 aromatic heterocycles. The minimum Gasteiger partial charge on any atom is -0.508 e. The van der Waals surface area contributed by atoms with Crippen LogP contribution in [0, 0.1) is 13.8 Å². The number of carboxylic acid groups (broad SMARTS) is 1. The van der Waals surface area contributed by atoms with Crippen molar-refractivity contribution < 1.29 is 19.8 Å². The van der Waals surface area contributed by atoms with Gasteiger partial charge < -0.3 is 15.5 Å². The van der Waals surface area contributed by atoms with Crippen LogP contribution >= 0.6 is 0 Å². The minimum atomic E-state index is -1.07. The second kappa shape index (κ2) is 6.96. The van der Waals surface area contributed by atoms with Gasteiger partial charge in [0, 0.05) is 6.42 Å². The number of phenols is 1. The summed E-state index contributed by atoms with van der Waals surface area (Å²) in [5, 5.41) is 21.3. The summed E-state index contributed by atoms with van der Waals surface area (Å²) in [6.45, 7) is 3.59. The highest BCUT2D eigenvalue weighted by atomic mass is 16.4. The number of carbonyl (C=O) groups is 2. The van der Waals surface area contributed by atoms with Crippen LogP contribution in [0.25, 0.3) is 0 Å². The van der Waals surface area contributed by atoms with Gasteiger partial charge in [-0.05, 0) is 49.6 Å². The molecule has 0 aliphatic carbocycles. The number of phenolic OH excluding ortho intramolecular Hbond substituents is 1. The molecule has 120 valence electrons. The molecule has 3 N–H and O–H groups in total. The standard InChI is InChI=1S/C18H19NO4/c1-11-3-6-15(14(9-11)18(22)23)19-17(21)8-5-13-4-7-16(20)12(2)10-13/h3-4,6-7,9-10,20H,5,8H2,1-2H3,(H,19,21)(H,22,23). The van der Waals surface area contributed by atoms with E-state index in [-0.39, 0.29) is 23.6 Å². The smallest absolute Gasteiger partial charge is 0.337 e. The number of amides is 1. The second-order valence-corrected chi connectivity index (χ2v) is 5.52. The zero-order valence-electron chi connectivity index (χ0n) is 13.1. The number of benzene rings is 2. The molecule has 0 radical (unpaired) electrons. The van der Waals surface area contributed by atoms with Gasteiger partial charge >= 0.3 is 5.97 Å². The Bertz CT molecular complexity index is 753. The molecule has 0 spiro atoms. The lowest BCUT2D eigenvalue weighted by atomic mass is 10.1. The zero-order valence-corrected chi connectivity index (χ0v) is 13.1. The summed E-state index contributed by atoms with van der Waals surface area (Å²) in [5.41, 5.74) is 2.90. The van der Waals surface area contributed by atoms with Crippen LogP contribution in [-0.2, 0) is 11.2 Å². The molecule has 0 saturated heterocycles. The Morgan fingerprint density at radius 1 is 1.09 bits per heavy atom.